The lowest BCUT2D eigenvalue weighted by molar-refractivity contribution is 0.246. The molecular weight excluding hydrogens is 184 g/mol. The fraction of sp³-hybridized carbons (Fsp3) is 1.00. The number of hydrogen-bond acceptors (Lipinski definition) is 2. The SMILES string of the molecule is CCC(C)(CC)NC1CCN(C(C)C)C1. The van der Waals surface area contributed by atoms with Crippen molar-refractivity contribution in [2.24, 2.45) is 0 Å². The summed E-state index contributed by atoms with van der Waals surface area (Å²) in [4.78, 5) is 2.57. The highest BCUT2D eigenvalue weighted by molar-refractivity contribution is 4.90. The fourth-order valence-electron chi connectivity index (χ4n) is 2.32. The molecule has 0 spiro atoms. The standard InChI is InChI=1S/C13H28N2/c1-6-13(5,7-2)14-12-8-9-15(10-12)11(3)4/h11-12,14H,6-10H2,1-5H3. The van der Waals surface area contributed by atoms with E-state index in [2.05, 4.69) is 44.8 Å². The van der Waals surface area contributed by atoms with E-state index in [-0.39, 0.29) is 0 Å². The minimum absolute atomic E-state index is 0.345. The molecule has 0 radical (unpaired) electrons. The van der Waals surface area contributed by atoms with Gasteiger partial charge >= 0.3 is 0 Å². The molecule has 0 aromatic rings. The van der Waals surface area contributed by atoms with E-state index in [9.17, 15) is 0 Å². The molecule has 1 heterocycles. The van der Waals surface area contributed by atoms with Crippen LogP contribution in [-0.2, 0) is 0 Å². The van der Waals surface area contributed by atoms with Crippen LogP contribution in [0, 0.1) is 0 Å². The summed E-state index contributed by atoms with van der Waals surface area (Å²) in [6, 6.07) is 1.41. The van der Waals surface area contributed by atoms with Crippen LogP contribution in [0.15, 0.2) is 0 Å². The van der Waals surface area contributed by atoms with Crippen LogP contribution >= 0.6 is 0 Å². The lowest BCUT2D eigenvalue weighted by atomic mass is 9.94. The van der Waals surface area contributed by atoms with Gasteiger partial charge in [0.05, 0.1) is 0 Å². The van der Waals surface area contributed by atoms with Crippen molar-refractivity contribution in [3.63, 3.8) is 0 Å². The van der Waals surface area contributed by atoms with Gasteiger partial charge in [-0.2, -0.15) is 0 Å². The zero-order valence-electron chi connectivity index (χ0n) is 11.1. The number of likely N-dealkylation sites (tertiary alicyclic amines) is 1. The van der Waals surface area contributed by atoms with Crippen LogP contribution in [-0.4, -0.2) is 35.6 Å². The molecule has 0 aromatic heterocycles. The van der Waals surface area contributed by atoms with Gasteiger partial charge in [-0.3, -0.25) is 4.90 Å². The summed E-state index contributed by atoms with van der Waals surface area (Å²) < 4.78 is 0. The van der Waals surface area contributed by atoms with Crippen LogP contribution in [0.2, 0.25) is 0 Å². The molecule has 0 amide bonds. The van der Waals surface area contributed by atoms with Crippen molar-refractivity contribution in [2.45, 2.75) is 71.5 Å². The first kappa shape index (κ1) is 13.0. The maximum atomic E-state index is 3.83. The van der Waals surface area contributed by atoms with Gasteiger partial charge in [0.2, 0.25) is 0 Å². The number of nitrogens with one attached hydrogen (secondary N) is 1. The Morgan fingerprint density at radius 3 is 2.33 bits per heavy atom. The van der Waals surface area contributed by atoms with E-state index < -0.39 is 0 Å². The van der Waals surface area contributed by atoms with E-state index in [1.165, 1.54) is 32.4 Å². The monoisotopic (exact) mass is 212 g/mol. The first-order valence-corrected chi connectivity index (χ1v) is 6.52. The van der Waals surface area contributed by atoms with Crippen LogP contribution < -0.4 is 5.32 Å². The maximum Gasteiger partial charge on any atom is 0.0212 e. The molecule has 2 nitrogen and oxygen atoms in total. The summed E-state index contributed by atoms with van der Waals surface area (Å²) >= 11 is 0. The van der Waals surface area contributed by atoms with Gasteiger partial charge in [0, 0.05) is 24.2 Å². The summed E-state index contributed by atoms with van der Waals surface area (Å²) in [5.74, 6) is 0. The van der Waals surface area contributed by atoms with E-state index in [0.29, 0.717) is 17.6 Å². The third-order valence-electron chi connectivity index (χ3n) is 4.06. The van der Waals surface area contributed by atoms with Crippen molar-refractivity contribution < 1.29 is 0 Å². The Morgan fingerprint density at radius 1 is 1.33 bits per heavy atom. The van der Waals surface area contributed by atoms with Crippen molar-refractivity contribution in [3.05, 3.63) is 0 Å². The van der Waals surface area contributed by atoms with Crippen LogP contribution in [0.4, 0.5) is 0 Å². The molecule has 1 saturated heterocycles. The molecule has 1 aliphatic rings. The lowest BCUT2D eigenvalue weighted by Gasteiger charge is -2.32. The van der Waals surface area contributed by atoms with Crippen molar-refractivity contribution >= 4 is 0 Å². The Labute approximate surface area is 95.4 Å². The second-order valence-corrected chi connectivity index (χ2v) is 5.49. The molecule has 1 N–H and O–H groups in total. The van der Waals surface area contributed by atoms with Gasteiger partial charge in [0.1, 0.15) is 0 Å². The molecule has 1 unspecified atom stereocenters. The first-order valence-electron chi connectivity index (χ1n) is 6.52. The quantitative estimate of drug-likeness (QED) is 0.753. The molecule has 0 saturated carbocycles. The number of rotatable bonds is 5. The summed E-state index contributed by atoms with van der Waals surface area (Å²) in [6.45, 7) is 14.0. The average molecular weight is 212 g/mol. The second kappa shape index (κ2) is 5.31. The second-order valence-electron chi connectivity index (χ2n) is 5.49. The third kappa shape index (κ3) is 3.46. The minimum atomic E-state index is 0.345. The highest BCUT2D eigenvalue weighted by atomic mass is 15.2. The van der Waals surface area contributed by atoms with Gasteiger partial charge in [-0.25, -0.2) is 0 Å². The molecule has 1 atom stereocenters. The molecule has 15 heavy (non-hydrogen) atoms. The van der Waals surface area contributed by atoms with Gasteiger partial charge in [0.25, 0.3) is 0 Å². The first-order chi connectivity index (χ1) is 7.00. The lowest BCUT2D eigenvalue weighted by Crippen LogP contribution is -2.48. The van der Waals surface area contributed by atoms with Gasteiger partial charge in [0.15, 0.2) is 0 Å². The molecule has 1 aliphatic heterocycles. The minimum Gasteiger partial charge on any atom is -0.307 e. The highest BCUT2D eigenvalue weighted by Gasteiger charge is 2.29. The number of hydrogen-bond donors (Lipinski definition) is 1. The Kier molecular flexibility index (Phi) is 4.60. The Bertz CT molecular complexity index is 185. The summed E-state index contributed by atoms with van der Waals surface area (Å²) in [5.41, 5.74) is 0.345. The average Bonchev–Trinajstić information content (AvgIpc) is 2.66. The van der Waals surface area contributed by atoms with Crippen LogP contribution in [0.3, 0.4) is 0 Å². The molecule has 2 heteroatoms. The molecule has 1 fully saturated rings. The molecule has 0 bridgehead atoms. The zero-order chi connectivity index (χ0) is 11.5. The van der Waals surface area contributed by atoms with Gasteiger partial charge in [-0.1, -0.05) is 13.8 Å². The van der Waals surface area contributed by atoms with Gasteiger partial charge in [-0.15, -0.1) is 0 Å². The molecule has 1 rings (SSSR count). The van der Waals surface area contributed by atoms with E-state index in [1.807, 2.05) is 0 Å². The Hall–Kier alpha value is -0.0800. The van der Waals surface area contributed by atoms with Gasteiger partial charge in [-0.05, 0) is 46.6 Å². The fourth-order valence-corrected chi connectivity index (χ4v) is 2.32. The van der Waals surface area contributed by atoms with Crippen molar-refractivity contribution in [1.82, 2.24) is 10.2 Å². The van der Waals surface area contributed by atoms with Crippen molar-refractivity contribution in [2.75, 3.05) is 13.1 Å². The van der Waals surface area contributed by atoms with E-state index in [1.54, 1.807) is 0 Å². The van der Waals surface area contributed by atoms with Crippen molar-refractivity contribution in [3.8, 4) is 0 Å². The van der Waals surface area contributed by atoms with E-state index >= 15 is 0 Å². The molecular formula is C13H28N2. The van der Waals surface area contributed by atoms with Crippen molar-refractivity contribution in [1.29, 1.82) is 0 Å². The summed E-state index contributed by atoms with van der Waals surface area (Å²) in [7, 11) is 0. The van der Waals surface area contributed by atoms with E-state index in [4.69, 9.17) is 0 Å². The third-order valence-corrected chi connectivity index (χ3v) is 4.06. The Morgan fingerprint density at radius 2 is 1.93 bits per heavy atom. The molecule has 90 valence electrons. The topological polar surface area (TPSA) is 15.3 Å². The zero-order valence-corrected chi connectivity index (χ0v) is 11.1. The van der Waals surface area contributed by atoms with Crippen LogP contribution in [0.5, 0.6) is 0 Å². The molecule has 0 aromatic carbocycles. The highest BCUT2D eigenvalue weighted by Crippen LogP contribution is 2.19. The normalized spacial score (nSPS) is 24.0. The van der Waals surface area contributed by atoms with E-state index in [0.717, 1.165) is 0 Å². The maximum absolute atomic E-state index is 3.83. The predicted octanol–water partition coefficient (Wildman–Crippen LogP) is 2.64. The van der Waals surface area contributed by atoms with Gasteiger partial charge < -0.3 is 5.32 Å². The van der Waals surface area contributed by atoms with Crippen LogP contribution in [0.1, 0.15) is 53.9 Å². The molecule has 0 aliphatic carbocycles. The summed E-state index contributed by atoms with van der Waals surface area (Å²) in [5, 5.41) is 3.83. The number of nitrogens with zero attached hydrogens (tertiary/aromatic N) is 1. The summed E-state index contributed by atoms with van der Waals surface area (Å²) in [6.07, 6.45) is 3.76. The smallest absolute Gasteiger partial charge is 0.0212 e. The largest absolute Gasteiger partial charge is 0.307 e. The van der Waals surface area contributed by atoms with Crippen LogP contribution in [0.25, 0.3) is 0 Å². The Balaban J connectivity index is 2.41. The predicted molar refractivity (Wildman–Crippen MR) is 67.2 cm³/mol.